The molecule has 0 aromatic heterocycles. The second-order valence-electron chi connectivity index (χ2n) is 3.50. The lowest BCUT2D eigenvalue weighted by Crippen LogP contribution is -2.05. The first kappa shape index (κ1) is 10.7. The highest BCUT2D eigenvalue weighted by molar-refractivity contribution is 9.10. The van der Waals surface area contributed by atoms with Gasteiger partial charge in [0.2, 0.25) is 0 Å². The van der Waals surface area contributed by atoms with Crippen molar-refractivity contribution in [1.29, 1.82) is 0 Å². The smallest absolute Gasteiger partial charge is 0.0212 e. The quantitative estimate of drug-likeness (QED) is 0.865. The molecule has 0 amide bonds. The van der Waals surface area contributed by atoms with Crippen LogP contribution in [0.3, 0.4) is 0 Å². The maximum atomic E-state index is 5.53. The fraction of sp³-hybridized carbons (Fsp3) is 0.455. The molecular weight excluding hydrogens is 226 g/mol. The molecule has 0 saturated heterocycles. The molecule has 0 radical (unpaired) electrons. The molecule has 1 aromatic carbocycles. The Morgan fingerprint density at radius 1 is 1.46 bits per heavy atom. The minimum Gasteiger partial charge on any atom is -0.330 e. The van der Waals surface area contributed by atoms with Crippen LogP contribution in [-0.4, -0.2) is 6.54 Å². The van der Waals surface area contributed by atoms with Crippen molar-refractivity contribution >= 4 is 15.9 Å². The van der Waals surface area contributed by atoms with Gasteiger partial charge >= 0.3 is 0 Å². The summed E-state index contributed by atoms with van der Waals surface area (Å²) in [7, 11) is 0. The molecule has 0 saturated carbocycles. The summed E-state index contributed by atoms with van der Waals surface area (Å²) >= 11 is 3.58. The molecule has 13 heavy (non-hydrogen) atoms. The Labute approximate surface area is 88.5 Å². The van der Waals surface area contributed by atoms with E-state index < -0.39 is 0 Å². The van der Waals surface area contributed by atoms with Crippen molar-refractivity contribution in [3.05, 3.63) is 33.8 Å². The molecule has 0 aliphatic rings. The van der Waals surface area contributed by atoms with Gasteiger partial charge in [-0.25, -0.2) is 0 Å². The zero-order chi connectivity index (χ0) is 9.84. The molecule has 1 rings (SSSR count). The van der Waals surface area contributed by atoms with Gasteiger partial charge in [-0.1, -0.05) is 35.0 Å². The number of nitrogens with two attached hydrogens (primary N) is 1. The minimum atomic E-state index is 0.542. The summed E-state index contributed by atoms with van der Waals surface area (Å²) in [5.41, 5.74) is 8.18. The maximum absolute atomic E-state index is 5.53. The number of halogens is 1. The van der Waals surface area contributed by atoms with Gasteiger partial charge in [0, 0.05) is 4.47 Å². The Kier molecular flexibility index (Phi) is 3.94. The Bertz CT molecular complexity index is 283. The molecule has 0 heterocycles. The predicted molar refractivity (Wildman–Crippen MR) is 61.0 cm³/mol. The second kappa shape index (κ2) is 4.77. The van der Waals surface area contributed by atoms with Gasteiger partial charge < -0.3 is 5.73 Å². The normalized spacial score (nSPS) is 12.9. The average molecular weight is 242 g/mol. The Morgan fingerprint density at radius 3 is 2.69 bits per heavy atom. The predicted octanol–water partition coefficient (Wildman–Crippen LogP) is 3.21. The van der Waals surface area contributed by atoms with Crippen LogP contribution in [0.25, 0.3) is 0 Å². The highest BCUT2D eigenvalue weighted by Crippen LogP contribution is 2.27. The van der Waals surface area contributed by atoms with Crippen LogP contribution >= 0.6 is 15.9 Å². The maximum Gasteiger partial charge on any atom is 0.0212 e. The zero-order valence-corrected chi connectivity index (χ0v) is 9.76. The summed E-state index contributed by atoms with van der Waals surface area (Å²) in [6.45, 7) is 5.06. The van der Waals surface area contributed by atoms with Crippen LogP contribution in [0.4, 0.5) is 0 Å². The second-order valence-corrected chi connectivity index (χ2v) is 4.36. The molecule has 0 aliphatic carbocycles. The van der Waals surface area contributed by atoms with E-state index in [-0.39, 0.29) is 0 Å². The first-order chi connectivity index (χ1) is 6.15. The average Bonchev–Trinajstić information content (AvgIpc) is 2.04. The van der Waals surface area contributed by atoms with Crippen LogP contribution in [0.2, 0.25) is 0 Å². The van der Waals surface area contributed by atoms with Crippen molar-refractivity contribution in [2.75, 3.05) is 6.54 Å². The lowest BCUT2D eigenvalue weighted by molar-refractivity contribution is 0.687. The fourth-order valence-corrected chi connectivity index (χ4v) is 2.32. The van der Waals surface area contributed by atoms with Gasteiger partial charge in [-0.15, -0.1) is 0 Å². The molecule has 0 spiro atoms. The van der Waals surface area contributed by atoms with Crippen LogP contribution in [0.5, 0.6) is 0 Å². The van der Waals surface area contributed by atoms with Crippen molar-refractivity contribution < 1.29 is 0 Å². The van der Waals surface area contributed by atoms with E-state index in [1.807, 2.05) is 0 Å². The Hall–Kier alpha value is -0.340. The lowest BCUT2D eigenvalue weighted by Gasteiger charge is -2.12. The van der Waals surface area contributed by atoms with E-state index in [4.69, 9.17) is 5.73 Å². The van der Waals surface area contributed by atoms with Crippen molar-refractivity contribution in [2.24, 2.45) is 5.73 Å². The van der Waals surface area contributed by atoms with Crippen LogP contribution < -0.4 is 5.73 Å². The van der Waals surface area contributed by atoms with Crippen LogP contribution in [0.1, 0.15) is 30.4 Å². The third-order valence-corrected chi connectivity index (χ3v) is 2.97. The first-order valence-corrected chi connectivity index (χ1v) is 5.40. The fourth-order valence-electron chi connectivity index (χ4n) is 1.44. The number of rotatable bonds is 3. The highest BCUT2D eigenvalue weighted by Gasteiger charge is 2.07. The molecule has 2 N–H and O–H groups in total. The monoisotopic (exact) mass is 241 g/mol. The SMILES string of the molecule is Cc1ccc(C(C)CCN)c(Br)c1. The third-order valence-electron chi connectivity index (χ3n) is 2.29. The van der Waals surface area contributed by atoms with Crippen LogP contribution in [0, 0.1) is 6.92 Å². The van der Waals surface area contributed by atoms with E-state index in [0.29, 0.717) is 5.92 Å². The molecule has 72 valence electrons. The van der Waals surface area contributed by atoms with Crippen LogP contribution in [0.15, 0.2) is 22.7 Å². The molecule has 1 atom stereocenters. The Morgan fingerprint density at radius 2 is 2.15 bits per heavy atom. The lowest BCUT2D eigenvalue weighted by atomic mass is 9.97. The highest BCUT2D eigenvalue weighted by atomic mass is 79.9. The van der Waals surface area contributed by atoms with E-state index >= 15 is 0 Å². The summed E-state index contributed by atoms with van der Waals surface area (Å²) < 4.78 is 1.20. The van der Waals surface area contributed by atoms with Gasteiger partial charge in [0.05, 0.1) is 0 Å². The Balaban J connectivity index is 2.88. The van der Waals surface area contributed by atoms with Crippen molar-refractivity contribution in [3.8, 4) is 0 Å². The molecule has 0 bridgehead atoms. The molecule has 1 unspecified atom stereocenters. The molecule has 2 heteroatoms. The number of benzene rings is 1. The zero-order valence-electron chi connectivity index (χ0n) is 8.18. The van der Waals surface area contributed by atoms with Gasteiger partial charge in [0.15, 0.2) is 0 Å². The van der Waals surface area contributed by atoms with Gasteiger partial charge in [0.25, 0.3) is 0 Å². The van der Waals surface area contributed by atoms with Gasteiger partial charge in [-0.05, 0) is 43.0 Å². The summed E-state index contributed by atoms with van der Waals surface area (Å²) in [5.74, 6) is 0.542. The topological polar surface area (TPSA) is 26.0 Å². The summed E-state index contributed by atoms with van der Waals surface area (Å²) in [5, 5.41) is 0. The minimum absolute atomic E-state index is 0.542. The van der Waals surface area contributed by atoms with E-state index in [1.54, 1.807) is 0 Å². The van der Waals surface area contributed by atoms with E-state index in [0.717, 1.165) is 13.0 Å². The first-order valence-electron chi connectivity index (χ1n) is 4.61. The van der Waals surface area contributed by atoms with Gasteiger partial charge in [-0.3, -0.25) is 0 Å². The molecule has 1 aromatic rings. The third kappa shape index (κ3) is 2.82. The molecule has 0 fully saturated rings. The summed E-state index contributed by atoms with van der Waals surface area (Å²) in [6.07, 6.45) is 1.04. The van der Waals surface area contributed by atoms with Gasteiger partial charge in [0.1, 0.15) is 0 Å². The van der Waals surface area contributed by atoms with Crippen molar-refractivity contribution in [2.45, 2.75) is 26.2 Å². The number of aryl methyl sites for hydroxylation is 1. The van der Waals surface area contributed by atoms with Gasteiger partial charge in [-0.2, -0.15) is 0 Å². The number of hydrogen-bond donors (Lipinski definition) is 1. The molecule has 1 nitrogen and oxygen atoms in total. The standard InChI is InChI=1S/C11H16BrN/c1-8-3-4-10(11(12)7-8)9(2)5-6-13/h3-4,7,9H,5-6,13H2,1-2H3. The van der Waals surface area contributed by atoms with Crippen molar-refractivity contribution in [3.63, 3.8) is 0 Å². The van der Waals surface area contributed by atoms with E-state index in [1.165, 1.54) is 15.6 Å². The summed E-state index contributed by atoms with van der Waals surface area (Å²) in [4.78, 5) is 0. The molecule has 0 aliphatic heterocycles. The largest absolute Gasteiger partial charge is 0.330 e. The van der Waals surface area contributed by atoms with E-state index in [9.17, 15) is 0 Å². The van der Waals surface area contributed by atoms with Crippen LogP contribution in [-0.2, 0) is 0 Å². The molecular formula is C11H16BrN. The number of hydrogen-bond acceptors (Lipinski definition) is 1. The summed E-state index contributed by atoms with van der Waals surface area (Å²) in [6, 6.07) is 6.48. The van der Waals surface area contributed by atoms with Crippen molar-refractivity contribution in [1.82, 2.24) is 0 Å². The van der Waals surface area contributed by atoms with E-state index in [2.05, 4.69) is 48.0 Å².